The standard InChI is InChI=1S/C21H25F2NO2/c1-5-15-11-16(21(22)23)19(10-14(15)4)26-12-17-13(3)8-7-9-18(17)24-20(25)6-2/h7-11,21H,5-6,12H2,1-4H3,(H,24,25). The van der Waals surface area contributed by atoms with Crippen LogP contribution in [0.1, 0.15) is 54.5 Å². The summed E-state index contributed by atoms with van der Waals surface area (Å²) < 4.78 is 32.7. The summed E-state index contributed by atoms with van der Waals surface area (Å²) in [5, 5.41) is 2.84. The molecule has 5 heteroatoms. The Morgan fingerprint density at radius 3 is 2.50 bits per heavy atom. The van der Waals surface area contributed by atoms with Crippen molar-refractivity contribution in [3.05, 3.63) is 58.1 Å². The number of nitrogens with one attached hydrogen (secondary N) is 1. The Balaban J connectivity index is 2.32. The fourth-order valence-corrected chi connectivity index (χ4v) is 2.82. The second-order valence-electron chi connectivity index (χ2n) is 6.26. The van der Waals surface area contributed by atoms with Crippen molar-refractivity contribution < 1.29 is 18.3 Å². The van der Waals surface area contributed by atoms with Crippen molar-refractivity contribution in [2.75, 3.05) is 5.32 Å². The molecule has 0 bridgehead atoms. The molecule has 0 aliphatic carbocycles. The predicted molar refractivity (Wildman–Crippen MR) is 99.9 cm³/mol. The van der Waals surface area contributed by atoms with Crippen LogP contribution >= 0.6 is 0 Å². The Bertz CT molecular complexity index is 788. The molecule has 3 nitrogen and oxygen atoms in total. The largest absolute Gasteiger partial charge is 0.488 e. The topological polar surface area (TPSA) is 38.3 Å². The minimum Gasteiger partial charge on any atom is -0.488 e. The summed E-state index contributed by atoms with van der Waals surface area (Å²) in [5.74, 6) is 0.0824. The zero-order chi connectivity index (χ0) is 19.3. The highest BCUT2D eigenvalue weighted by Gasteiger charge is 2.17. The minimum atomic E-state index is -2.60. The molecule has 2 aromatic carbocycles. The maximum atomic E-state index is 13.4. The Morgan fingerprint density at radius 2 is 1.88 bits per heavy atom. The summed E-state index contributed by atoms with van der Waals surface area (Å²) in [6, 6.07) is 8.73. The number of rotatable bonds is 7. The van der Waals surface area contributed by atoms with Crippen molar-refractivity contribution in [1.82, 2.24) is 0 Å². The molecular formula is C21H25F2NO2. The number of carbonyl (C=O) groups excluding carboxylic acids is 1. The molecule has 1 N–H and O–H groups in total. The molecular weight excluding hydrogens is 336 g/mol. The van der Waals surface area contributed by atoms with E-state index in [0.29, 0.717) is 18.5 Å². The van der Waals surface area contributed by atoms with E-state index in [0.717, 1.165) is 22.3 Å². The molecule has 0 aromatic heterocycles. The van der Waals surface area contributed by atoms with E-state index in [9.17, 15) is 13.6 Å². The third-order valence-electron chi connectivity index (χ3n) is 4.46. The van der Waals surface area contributed by atoms with Gasteiger partial charge in [-0.25, -0.2) is 8.78 Å². The molecule has 0 aliphatic heterocycles. The Kier molecular flexibility index (Phi) is 6.72. The van der Waals surface area contributed by atoms with Crippen molar-refractivity contribution in [1.29, 1.82) is 0 Å². The fraction of sp³-hybridized carbons (Fsp3) is 0.381. The number of benzene rings is 2. The molecule has 140 valence electrons. The first-order chi connectivity index (χ1) is 12.4. The van der Waals surface area contributed by atoms with Crippen LogP contribution in [-0.2, 0) is 17.8 Å². The molecule has 2 aromatic rings. The number of hydrogen-bond donors (Lipinski definition) is 1. The number of amides is 1. The molecule has 0 unspecified atom stereocenters. The van der Waals surface area contributed by atoms with Gasteiger partial charge in [0.05, 0.1) is 5.56 Å². The summed E-state index contributed by atoms with van der Waals surface area (Å²) >= 11 is 0. The van der Waals surface area contributed by atoms with Gasteiger partial charge in [0.2, 0.25) is 5.91 Å². The van der Waals surface area contributed by atoms with Crippen molar-refractivity contribution >= 4 is 11.6 Å². The summed E-state index contributed by atoms with van der Waals surface area (Å²) in [6.07, 6.45) is -1.55. The zero-order valence-corrected chi connectivity index (χ0v) is 15.7. The predicted octanol–water partition coefficient (Wildman–Crippen LogP) is 5.73. The van der Waals surface area contributed by atoms with Gasteiger partial charge in [-0.05, 0) is 55.2 Å². The average molecular weight is 361 g/mol. The summed E-state index contributed by atoms with van der Waals surface area (Å²) in [7, 11) is 0. The first-order valence-electron chi connectivity index (χ1n) is 8.80. The van der Waals surface area contributed by atoms with Crippen molar-refractivity contribution in [3.8, 4) is 5.75 Å². The lowest BCUT2D eigenvalue weighted by Crippen LogP contribution is -2.13. The van der Waals surface area contributed by atoms with E-state index in [-0.39, 0.29) is 23.8 Å². The van der Waals surface area contributed by atoms with Gasteiger partial charge in [0.1, 0.15) is 12.4 Å². The lowest BCUT2D eigenvalue weighted by atomic mass is 10.0. The molecule has 2 rings (SSSR count). The van der Waals surface area contributed by atoms with Crippen LogP contribution in [0.15, 0.2) is 30.3 Å². The van der Waals surface area contributed by atoms with Crippen molar-refractivity contribution in [2.45, 2.75) is 53.6 Å². The van der Waals surface area contributed by atoms with Gasteiger partial charge < -0.3 is 10.1 Å². The number of carbonyl (C=O) groups is 1. The Labute approximate surface area is 153 Å². The van der Waals surface area contributed by atoms with Gasteiger partial charge in [0.25, 0.3) is 6.43 Å². The number of anilines is 1. The number of hydrogen-bond acceptors (Lipinski definition) is 2. The molecule has 1 amide bonds. The van der Waals surface area contributed by atoms with Crippen LogP contribution < -0.4 is 10.1 Å². The average Bonchev–Trinajstić information content (AvgIpc) is 2.60. The lowest BCUT2D eigenvalue weighted by molar-refractivity contribution is -0.115. The van der Waals surface area contributed by atoms with Gasteiger partial charge in [-0.3, -0.25) is 4.79 Å². The van der Waals surface area contributed by atoms with E-state index in [1.54, 1.807) is 19.1 Å². The number of aryl methyl sites for hydroxylation is 3. The van der Waals surface area contributed by atoms with Crippen LogP contribution in [-0.4, -0.2) is 5.91 Å². The third kappa shape index (κ3) is 4.59. The highest BCUT2D eigenvalue weighted by atomic mass is 19.3. The van der Waals surface area contributed by atoms with Gasteiger partial charge in [0.15, 0.2) is 0 Å². The Morgan fingerprint density at radius 1 is 1.15 bits per heavy atom. The summed E-state index contributed by atoms with van der Waals surface area (Å²) in [4.78, 5) is 11.7. The molecule has 0 atom stereocenters. The molecule has 0 radical (unpaired) electrons. The number of halogens is 2. The van der Waals surface area contributed by atoms with Gasteiger partial charge in [0, 0.05) is 17.7 Å². The van der Waals surface area contributed by atoms with Crippen LogP contribution in [0, 0.1) is 13.8 Å². The Hall–Kier alpha value is -2.43. The molecule has 0 aliphatic rings. The van der Waals surface area contributed by atoms with Crippen LogP contribution in [0.3, 0.4) is 0 Å². The fourth-order valence-electron chi connectivity index (χ4n) is 2.82. The zero-order valence-electron chi connectivity index (χ0n) is 15.7. The quantitative estimate of drug-likeness (QED) is 0.684. The maximum absolute atomic E-state index is 13.4. The normalized spacial score (nSPS) is 10.9. The van der Waals surface area contributed by atoms with E-state index in [4.69, 9.17) is 4.74 Å². The van der Waals surface area contributed by atoms with Gasteiger partial charge in [-0.2, -0.15) is 0 Å². The van der Waals surface area contributed by atoms with Crippen molar-refractivity contribution in [2.24, 2.45) is 0 Å². The van der Waals surface area contributed by atoms with Crippen LogP contribution in [0.4, 0.5) is 14.5 Å². The van der Waals surface area contributed by atoms with Gasteiger partial charge in [-0.1, -0.05) is 26.0 Å². The molecule has 0 heterocycles. The lowest BCUT2D eigenvalue weighted by Gasteiger charge is -2.17. The second kappa shape index (κ2) is 8.79. The maximum Gasteiger partial charge on any atom is 0.267 e. The number of ether oxygens (including phenoxy) is 1. The highest BCUT2D eigenvalue weighted by molar-refractivity contribution is 5.91. The van der Waals surface area contributed by atoms with E-state index < -0.39 is 6.43 Å². The van der Waals surface area contributed by atoms with Gasteiger partial charge >= 0.3 is 0 Å². The highest BCUT2D eigenvalue weighted by Crippen LogP contribution is 2.33. The van der Waals surface area contributed by atoms with Crippen LogP contribution in [0.5, 0.6) is 5.75 Å². The first-order valence-corrected chi connectivity index (χ1v) is 8.80. The van der Waals surface area contributed by atoms with Crippen molar-refractivity contribution in [3.63, 3.8) is 0 Å². The van der Waals surface area contributed by atoms with E-state index in [1.807, 2.05) is 32.9 Å². The monoisotopic (exact) mass is 361 g/mol. The molecule has 0 spiro atoms. The molecule has 26 heavy (non-hydrogen) atoms. The molecule has 0 fully saturated rings. The third-order valence-corrected chi connectivity index (χ3v) is 4.46. The van der Waals surface area contributed by atoms with Gasteiger partial charge in [-0.15, -0.1) is 0 Å². The molecule has 0 saturated heterocycles. The van der Waals surface area contributed by atoms with Crippen LogP contribution in [0.25, 0.3) is 0 Å². The SMILES string of the molecule is CCC(=O)Nc1cccc(C)c1COc1cc(C)c(CC)cc1C(F)F. The summed E-state index contributed by atoms with van der Waals surface area (Å²) in [6.45, 7) is 7.61. The number of alkyl halides is 2. The van der Waals surface area contributed by atoms with Crippen LogP contribution in [0.2, 0.25) is 0 Å². The van der Waals surface area contributed by atoms with E-state index in [2.05, 4.69) is 5.32 Å². The molecule has 0 saturated carbocycles. The smallest absolute Gasteiger partial charge is 0.267 e. The van der Waals surface area contributed by atoms with E-state index >= 15 is 0 Å². The first kappa shape index (κ1) is 19.9. The summed E-state index contributed by atoms with van der Waals surface area (Å²) in [5.41, 5.74) is 4.08. The van der Waals surface area contributed by atoms with E-state index in [1.165, 1.54) is 6.07 Å². The second-order valence-corrected chi connectivity index (χ2v) is 6.26. The minimum absolute atomic E-state index is 0.0971.